The van der Waals surface area contributed by atoms with E-state index < -0.39 is 0 Å². The van der Waals surface area contributed by atoms with Crippen LogP contribution >= 0.6 is 0 Å². The lowest BCUT2D eigenvalue weighted by molar-refractivity contribution is 0.660. The molecule has 0 aromatic heterocycles. The van der Waals surface area contributed by atoms with Crippen LogP contribution in [0.15, 0.2) is 224 Å². The molecule has 0 saturated heterocycles. The first-order chi connectivity index (χ1) is 30.5. The van der Waals surface area contributed by atoms with E-state index in [2.05, 4.69) is 243 Å². The Hall–Kier alpha value is -7.74. The van der Waals surface area contributed by atoms with Gasteiger partial charge in [0.05, 0.1) is 5.69 Å². The lowest BCUT2D eigenvalue weighted by atomic mass is 9.81. The van der Waals surface area contributed by atoms with Crippen molar-refractivity contribution in [2.75, 3.05) is 4.90 Å². The van der Waals surface area contributed by atoms with Crippen LogP contribution in [-0.2, 0) is 5.41 Å². The third-order valence-corrected chi connectivity index (χ3v) is 13.5. The van der Waals surface area contributed by atoms with E-state index in [1.807, 2.05) is 0 Å². The number of hydrogen-bond donors (Lipinski definition) is 0. The molecule has 1 aliphatic rings. The Balaban J connectivity index is 1.04. The van der Waals surface area contributed by atoms with Crippen molar-refractivity contribution in [3.8, 4) is 44.5 Å². The van der Waals surface area contributed by atoms with Gasteiger partial charge in [0.15, 0.2) is 0 Å². The van der Waals surface area contributed by atoms with Gasteiger partial charge in [-0.3, -0.25) is 0 Å². The Morgan fingerprint density at radius 3 is 1.52 bits per heavy atom. The van der Waals surface area contributed by atoms with Gasteiger partial charge >= 0.3 is 0 Å². The quantitative estimate of drug-likeness (QED) is 0.152. The number of anilines is 3. The number of nitrogens with zero attached hydrogens (tertiary/aromatic N) is 1. The summed E-state index contributed by atoms with van der Waals surface area (Å²) in [4.78, 5) is 2.49. The van der Waals surface area contributed by atoms with Gasteiger partial charge < -0.3 is 4.90 Å². The topological polar surface area (TPSA) is 3.24 Å². The lowest BCUT2D eigenvalue weighted by Crippen LogP contribution is -2.17. The van der Waals surface area contributed by atoms with Crippen LogP contribution < -0.4 is 4.90 Å². The molecule has 62 heavy (non-hydrogen) atoms. The largest absolute Gasteiger partial charge is 0.310 e. The summed E-state index contributed by atoms with van der Waals surface area (Å²) < 4.78 is 0. The van der Waals surface area contributed by atoms with Crippen LogP contribution in [0.2, 0.25) is 0 Å². The van der Waals surface area contributed by atoms with Crippen LogP contribution in [0.25, 0.3) is 87.6 Å². The van der Waals surface area contributed by atoms with E-state index >= 15 is 0 Å². The molecule has 0 aliphatic heterocycles. The zero-order chi connectivity index (χ0) is 41.4. The van der Waals surface area contributed by atoms with E-state index in [0.29, 0.717) is 0 Å². The Bertz CT molecular complexity index is 3500. The Morgan fingerprint density at radius 1 is 0.290 bits per heavy atom. The van der Waals surface area contributed by atoms with E-state index in [1.54, 1.807) is 0 Å². The maximum atomic E-state index is 2.49. The fourth-order valence-electron chi connectivity index (χ4n) is 10.4. The van der Waals surface area contributed by atoms with Crippen molar-refractivity contribution >= 4 is 60.2 Å². The second kappa shape index (κ2) is 14.2. The van der Waals surface area contributed by atoms with E-state index in [-0.39, 0.29) is 5.41 Å². The molecule has 1 heteroatoms. The van der Waals surface area contributed by atoms with Gasteiger partial charge in [-0.25, -0.2) is 0 Å². The van der Waals surface area contributed by atoms with E-state index in [0.717, 1.165) is 17.1 Å². The minimum absolute atomic E-state index is 0.224. The fraction of sp³-hybridized carbons (Fsp3) is 0.0492. The van der Waals surface area contributed by atoms with E-state index in [4.69, 9.17) is 0 Å². The molecule has 12 rings (SSSR count). The van der Waals surface area contributed by atoms with Gasteiger partial charge in [0.2, 0.25) is 0 Å². The number of rotatable bonds is 6. The molecule has 292 valence electrons. The maximum absolute atomic E-state index is 2.49. The monoisotopic (exact) mass is 789 g/mol. The summed E-state index contributed by atoms with van der Waals surface area (Å²) in [6.07, 6.45) is 0. The zero-order valence-electron chi connectivity index (χ0n) is 34.8. The van der Waals surface area contributed by atoms with Crippen molar-refractivity contribution in [2.45, 2.75) is 19.3 Å². The third-order valence-electron chi connectivity index (χ3n) is 13.5. The lowest BCUT2D eigenvalue weighted by Gasteiger charge is -2.30. The van der Waals surface area contributed by atoms with Crippen molar-refractivity contribution in [1.29, 1.82) is 0 Å². The highest BCUT2D eigenvalue weighted by Gasteiger charge is 2.36. The van der Waals surface area contributed by atoms with Gasteiger partial charge in [0.1, 0.15) is 0 Å². The summed E-state index contributed by atoms with van der Waals surface area (Å²) in [7, 11) is 0. The van der Waals surface area contributed by atoms with Crippen LogP contribution in [-0.4, -0.2) is 0 Å². The SMILES string of the molecule is CC1(C)c2cc(-c3cccc4ccccc34)ccc2-c2ccc(N(c3ccc4c5ccccc5c5ccccc5c4c3)c3ccccc3-c3ccc(-c4ccccc4)cc3)cc21. The van der Waals surface area contributed by atoms with Gasteiger partial charge in [0.25, 0.3) is 0 Å². The molecule has 0 unspecified atom stereocenters. The van der Waals surface area contributed by atoms with E-state index in [1.165, 1.54) is 98.7 Å². The van der Waals surface area contributed by atoms with Gasteiger partial charge in [-0.15, -0.1) is 0 Å². The van der Waals surface area contributed by atoms with Crippen molar-refractivity contribution in [2.24, 2.45) is 0 Å². The molecule has 0 bridgehead atoms. The summed E-state index contributed by atoms with van der Waals surface area (Å²) >= 11 is 0. The summed E-state index contributed by atoms with van der Waals surface area (Å²) in [6, 6.07) is 83.0. The van der Waals surface area contributed by atoms with Gasteiger partial charge in [-0.1, -0.05) is 202 Å². The van der Waals surface area contributed by atoms with Gasteiger partial charge in [-0.2, -0.15) is 0 Å². The third kappa shape index (κ3) is 5.70. The predicted octanol–water partition coefficient (Wildman–Crippen LogP) is 17.1. The molecule has 1 aliphatic carbocycles. The normalized spacial score (nSPS) is 12.8. The first kappa shape index (κ1) is 36.1. The first-order valence-corrected chi connectivity index (χ1v) is 21.7. The minimum Gasteiger partial charge on any atom is -0.310 e. The second-order valence-corrected chi connectivity index (χ2v) is 17.3. The molecule has 0 fully saturated rings. The number of para-hydroxylation sites is 1. The second-order valence-electron chi connectivity index (χ2n) is 17.3. The molecule has 11 aromatic carbocycles. The van der Waals surface area contributed by atoms with Crippen molar-refractivity contribution in [1.82, 2.24) is 0 Å². The molecule has 0 atom stereocenters. The van der Waals surface area contributed by atoms with Crippen LogP contribution in [0.3, 0.4) is 0 Å². The van der Waals surface area contributed by atoms with Crippen molar-refractivity contribution in [3.05, 3.63) is 236 Å². The summed E-state index contributed by atoms with van der Waals surface area (Å²) in [5.41, 5.74) is 15.8. The molecule has 0 heterocycles. The maximum Gasteiger partial charge on any atom is 0.0540 e. The van der Waals surface area contributed by atoms with E-state index in [9.17, 15) is 0 Å². The molecule has 0 spiro atoms. The Labute approximate surface area is 362 Å². The Morgan fingerprint density at radius 2 is 0.774 bits per heavy atom. The molecule has 0 radical (unpaired) electrons. The fourth-order valence-corrected chi connectivity index (χ4v) is 10.4. The molecular weight excluding hydrogens is 747 g/mol. The van der Waals surface area contributed by atoms with Gasteiger partial charge in [0, 0.05) is 22.4 Å². The first-order valence-electron chi connectivity index (χ1n) is 21.7. The number of benzene rings is 11. The van der Waals surface area contributed by atoms with Gasteiger partial charge in [-0.05, 0) is 130 Å². The highest BCUT2D eigenvalue weighted by Crippen LogP contribution is 2.53. The molecule has 0 amide bonds. The molecule has 0 saturated carbocycles. The summed E-state index contributed by atoms with van der Waals surface area (Å²) in [5, 5.41) is 10.2. The van der Waals surface area contributed by atoms with Crippen molar-refractivity contribution < 1.29 is 0 Å². The molecule has 1 nitrogen and oxygen atoms in total. The van der Waals surface area contributed by atoms with Crippen LogP contribution in [0.1, 0.15) is 25.0 Å². The van der Waals surface area contributed by atoms with Crippen LogP contribution in [0.4, 0.5) is 17.1 Å². The number of hydrogen-bond acceptors (Lipinski definition) is 1. The Kier molecular flexibility index (Phi) is 8.27. The van der Waals surface area contributed by atoms with Crippen LogP contribution in [0.5, 0.6) is 0 Å². The average molecular weight is 790 g/mol. The zero-order valence-corrected chi connectivity index (χ0v) is 34.8. The van der Waals surface area contributed by atoms with Crippen LogP contribution in [0, 0.1) is 0 Å². The highest BCUT2D eigenvalue weighted by atomic mass is 15.1. The molecular formula is C61H43N. The van der Waals surface area contributed by atoms with Crippen molar-refractivity contribution in [3.63, 3.8) is 0 Å². The smallest absolute Gasteiger partial charge is 0.0540 e. The predicted molar refractivity (Wildman–Crippen MR) is 265 cm³/mol. The summed E-state index contributed by atoms with van der Waals surface area (Å²) in [5.74, 6) is 0. The molecule has 11 aromatic rings. The minimum atomic E-state index is -0.224. The molecule has 0 N–H and O–H groups in total. The standard InChI is InChI=1S/C61H43N/c1-61(2)58-37-44(48-25-14-18-42-17-6-7-19-47(42)48)31-34-55(58)56-36-33-46(39-59(56)61)62(60-26-13-12-20-49(60)43-29-27-41(28-30-43)40-15-4-3-5-16-40)45-32-35-54-52-23-9-8-21-50(52)51-22-10-11-24-53(51)57(54)38-45/h3-39H,1-2H3. The summed E-state index contributed by atoms with van der Waals surface area (Å²) in [6.45, 7) is 4.79. The highest BCUT2D eigenvalue weighted by molar-refractivity contribution is 6.26. The average Bonchev–Trinajstić information content (AvgIpc) is 3.56. The number of fused-ring (bicyclic) bond motifs is 10.